The number of thioether (sulfide) groups is 1. The van der Waals surface area contributed by atoms with Gasteiger partial charge >= 0.3 is 0 Å². The van der Waals surface area contributed by atoms with Crippen molar-refractivity contribution in [1.29, 1.82) is 0 Å². The molecule has 1 atom stereocenters. The highest BCUT2D eigenvalue weighted by Crippen LogP contribution is 2.23. The Kier molecular flexibility index (Phi) is 8.12. The summed E-state index contributed by atoms with van der Waals surface area (Å²) in [4.78, 5) is 25.8. The van der Waals surface area contributed by atoms with Crippen LogP contribution >= 0.6 is 23.4 Å². The number of hydrogen-bond donors (Lipinski definition) is 2. The first-order valence-corrected chi connectivity index (χ1v) is 11.4. The number of nitrogens with two attached hydrogens (primary N) is 1. The van der Waals surface area contributed by atoms with Crippen LogP contribution in [0.2, 0.25) is 5.02 Å². The molecule has 1 aromatic carbocycles. The number of carbonyl (C=O) groups is 2. The minimum Gasteiger partial charge on any atom is -0.369 e. The molecule has 0 radical (unpaired) electrons. The van der Waals surface area contributed by atoms with E-state index in [0.717, 1.165) is 50.1 Å². The van der Waals surface area contributed by atoms with Crippen molar-refractivity contribution in [2.45, 2.75) is 31.3 Å². The van der Waals surface area contributed by atoms with Crippen LogP contribution < -0.4 is 11.1 Å². The van der Waals surface area contributed by atoms with Crippen molar-refractivity contribution in [3.8, 4) is 5.69 Å². The molecule has 2 amide bonds. The molecule has 0 aliphatic carbocycles. The first kappa shape index (κ1) is 22.6. The molecule has 1 fully saturated rings. The van der Waals surface area contributed by atoms with E-state index in [2.05, 4.69) is 20.4 Å². The first-order chi connectivity index (χ1) is 14.4. The molecule has 1 aliphatic heterocycles. The molecule has 2 heterocycles. The number of rotatable bonds is 9. The van der Waals surface area contributed by atoms with Gasteiger partial charge in [-0.15, -0.1) is 10.2 Å². The second kappa shape index (κ2) is 10.8. The van der Waals surface area contributed by atoms with E-state index >= 15 is 0 Å². The second-order valence-electron chi connectivity index (χ2n) is 7.45. The van der Waals surface area contributed by atoms with Gasteiger partial charge in [-0.1, -0.05) is 29.4 Å². The minimum atomic E-state index is -0.217. The number of aromatic nitrogens is 3. The molecule has 8 nitrogen and oxygen atoms in total. The SMILES string of the molecule is Cc1ccc(-n2cnnc2SCC(=O)NCCCN2CCCC(C(N)=O)C2)cc1Cl. The van der Waals surface area contributed by atoms with Gasteiger partial charge in [-0.2, -0.15) is 0 Å². The highest BCUT2D eigenvalue weighted by Gasteiger charge is 2.23. The predicted molar refractivity (Wildman–Crippen MR) is 118 cm³/mol. The second-order valence-corrected chi connectivity index (χ2v) is 8.80. The number of nitrogens with zero attached hydrogens (tertiary/aromatic N) is 4. The molecular weight excluding hydrogens is 424 g/mol. The van der Waals surface area contributed by atoms with E-state index in [9.17, 15) is 9.59 Å². The van der Waals surface area contributed by atoms with Crippen molar-refractivity contribution in [1.82, 2.24) is 25.0 Å². The van der Waals surface area contributed by atoms with Gasteiger partial charge in [-0.3, -0.25) is 14.2 Å². The van der Waals surface area contributed by atoms with Crippen LogP contribution in [-0.4, -0.2) is 63.4 Å². The van der Waals surface area contributed by atoms with Crippen molar-refractivity contribution in [3.63, 3.8) is 0 Å². The van der Waals surface area contributed by atoms with Crippen molar-refractivity contribution in [2.24, 2.45) is 11.7 Å². The number of amides is 2. The summed E-state index contributed by atoms with van der Waals surface area (Å²) in [6, 6.07) is 5.73. The normalized spacial score (nSPS) is 17.1. The topological polar surface area (TPSA) is 106 Å². The monoisotopic (exact) mass is 450 g/mol. The van der Waals surface area contributed by atoms with Crippen molar-refractivity contribution >= 4 is 35.2 Å². The minimum absolute atomic E-state index is 0.0505. The summed E-state index contributed by atoms with van der Waals surface area (Å²) >= 11 is 7.54. The molecule has 2 aromatic rings. The Labute approximate surface area is 185 Å². The number of likely N-dealkylation sites (tertiary alicyclic amines) is 1. The smallest absolute Gasteiger partial charge is 0.230 e. The Bertz CT molecular complexity index is 890. The van der Waals surface area contributed by atoms with E-state index in [1.54, 1.807) is 6.33 Å². The molecule has 0 saturated carbocycles. The predicted octanol–water partition coefficient (Wildman–Crippen LogP) is 2.02. The zero-order valence-electron chi connectivity index (χ0n) is 17.0. The van der Waals surface area contributed by atoms with Gasteiger partial charge < -0.3 is 16.0 Å². The lowest BCUT2D eigenvalue weighted by Crippen LogP contribution is -2.42. The van der Waals surface area contributed by atoms with Crippen LogP contribution in [-0.2, 0) is 9.59 Å². The summed E-state index contributed by atoms with van der Waals surface area (Å²) in [5.41, 5.74) is 7.27. The molecule has 10 heteroatoms. The molecule has 3 rings (SSSR count). The zero-order valence-corrected chi connectivity index (χ0v) is 18.6. The highest BCUT2D eigenvalue weighted by molar-refractivity contribution is 7.99. The molecule has 1 unspecified atom stereocenters. The summed E-state index contributed by atoms with van der Waals surface area (Å²) in [7, 11) is 0. The summed E-state index contributed by atoms with van der Waals surface area (Å²) in [6.45, 7) is 5.08. The summed E-state index contributed by atoms with van der Waals surface area (Å²) in [5, 5.41) is 12.3. The van der Waals surface area contributed by atoms with Crippen LogP contribution in [0.15, 0.2) is 29.7 Å². The average molecular weight is 451 g/mol. The van der Waals surface area contributed by atoms with Gasteiger partial charge in [0.05, 0.1) is 17.4 Å². The van der Waals surface area contributed by atoms with Crippen molar-refractivity contribution in [2.75, 3.05) is 31.9 Å². The molecule has 1 saturated heterocycles. The number of aryl methyl sites for hydroxylation is 1. The van der Waals surface area contributed by atoms with Crippen LogP contribution in [0, 0.1) is 12.8 Å². The lowest BCUT2D eigenvalue weighted by molar-refractivity contribution is -0.123. The molecule has 0 spiro atoms. The number of primary amides is 1. The molecule has 3 N–H and O–H groups in total. The Morgan fingerprint density at radius 1 is 1.40 bits per heavy atom. The average Bonchev–Trinajstić information content (AvgIpc) is 3.20. The maximum absolute atomic E-state index is 12.2. The summed E-state index contributed by atoms with van der Waals surface area (Å²) < 4.78 is 1.81. The maximum Gasteiger partial charge on any atom is 0.230 e. The van der Waals surface area contributed by atoms with E-state index in [-0.39, 0.29) is 23.5 Å². The largest absolute Gasteiger partial charge is 0.369 e. The van der Waals surface area contributed by atoms with E-state index < -0.39 is 0 Å². The van der Waals surface area contributed by atoms with Crippen molar-refractivity contribution in [3.05, 3.63) is 35.1 Å². The van der Waals surface area contributed by atoms with E-state index in [1.165, 1.54) is 11.8 Å². The van der Waals surface area contributed by atoms with Gasteiger partial charge in [0.25, 0.3) is 0 Å². The van der Waals surface area contributed by atoms with E-state index in [4.69, 9.17) is 17.3 Å². The van der Waals surface area contributed by atoms with Gasteiger partial charge in [-0.25, -0.2) is 0 Å². The number of hydrogen-bond acceptors (Lipinski definition) is 6. The van der Waals surface area contributed by atoms with Gasteiger partial charge in [0, 0.05) is 18.1 Å². The highest BCUT2D eigenvalue weighted by atomic mass is 35.5. The fraction of sp³-hybridized carbons (Fsp3) is 0.500. The van der Waals surface area contributed by atoms with Crippen LogP contribution in [0.5, 0.6) is 0 Å². The third-order valence-electron chi connectivity index (χ3n) is 5.16. The summed E-state index contributed by atoms with van der Waals surface area (Å²) in [6.07, 6.45) is 4.31. The van der Waals surface area contributed by atoms with Crippen LogP contribution in [0.25, 0.3) is 5.69 Å². The van der Waals surface area contributed by atoms with Crippen molar-refractivity contribution < 1.29 is 9.59 Å². The van der Waals surface area contributed by atoms with E-state index in [0.29, 0.717) is 16.7 Å². The standard InChI is InChI=1S/C20H27ClN6O2S/c1-14-5-6-16(10-17(14)21)27-13-24-25-20(27)30-12-18(28)23-7-3-9-26-8-2-4-15(11-26)19(22)29/h5-6,10,13,15H,2-4,7-9,11-12H2,1H3,(H2,22,29)(H,23,28). The quantitative estimate of drug-likeness (QED) is 0.447. The first-order valence-electron chi connectivity index (χ1n) is 10.0. The number of benzene rings is 1. The Morgan fingerprint density at radius 3 is 3.00 bits per heavy atom. The lowest BCUT2D eigenvalue weighted by Gasteiger charge is -2.31. The number of nitrogens with one attached hydrogen (secondary N) is 1. The Balaban J connectivity index is 1.40. The van der Waals surface area contributed by atoms with E-state index in [1.807, 2.05) is 29.7 Å². The Morgan fingerprint density at radius 2 is 2.23 bits per heavy atom. The molecule has 0 bridgehead atoms. The number of halogens is 1. The molecule has 162 valence electrons. The zero-order chi connectivity index (χ0) is 21.5. The van der Waals surface area contributed by atoms with Crippen LogP contribution in [0.1, 0.15) is 24.8 Å². The summed E-state index contributed by atoms with van der Waals surface area (Å²) in [5.74, 6) is -0.0624. The number of piperidine rings is 1. The molecule has 1 aromatic heterocycles. The molecular formula is C20H27ClN6O2S. The number of carbonyl (C=O) groups excluding carboxylic acids is 2. The third-order valence-corrected chi connectivity index (χ3v) is 6.51. The van der Waals surface area contributed by atoms with Crippen LogP contribution in [0.3, 0.4) is 0 Å². The van der Waals surface area contributed by atoms with Gasteiger partial charge in [0.15, 0.2) is 5.16 Å². The van der Waals surface area contributed by atoms with Crippen LogP contribution in [0.4, 0.5) is 0 Å². The van der Waals surface area contributed by atoms with Gasteiger partial charge in [-0.05, 0) is 57.0 Å². The fourth-order valence-corrected chi connectivity index (χ4v) is 4.37. The Hall–Kier alpha value is -2.10. The van der Waals surface area contributed by atoms with Gasteiger partial charge in [0.1, 0.15) is 6.33 Å². The fourth-order valence-electron chi connectivity index (χ4n) is 3.43. The third kappa shape index (κ3) is 6.20. The van der Waals surface area contributed by atoms with Gasteiger partial charge in [0.2, 0.25) is 11.8 Å². The lowest BCUT2D eigenvalue weighted by atomic mass is 9.97. The molecule has 30 heavy (non-hydrogen) atoms. The molecule has 1 aliphatic rings. The maximum atomic E-state index is 12.2.